The molecule has 3 aromatic rings. The molecule has 2 atom stereocenters. The average Bonchev–Trinajstić information content (AvgIpc) is 3.44. The molecule has 1 aliphatic carbocycles. The van der Waals surface area contributed by atoms with E-state index in [1.165, 1.54) is 0 Å². The molecule has 2 amide bonds. The van der Waals surface area contributed by atoms with Crippen LogP contribution >= 0.6 is 0 Å². The summed E-state index contributed by atoms with van der Waals surface area (Å²) >= 11 is 0. The van der Waals surface area contributed by atoms with Gasteiger partial charge in [0.15, 0.2) is 0 Å². The number of hydrogen-bond donors (Lipinski definition) is 2. The number of carbonyl (C=O) groups excluding carboxylic acids is 2. The molecule has 0 saturated heterocycles. The quantitative estimate of drug-likeness (QED) is 0.657. The average molecular weight is 406 g/mol. The molecule has 8 heteroatoms. The number of benzene rings is 1. The second kappa shape index (κ2) is 8.94. The van der Waals surface area contributed by atoms with E-state index >= 15 is 0 Å². The highest BCUT2D eigenvalue weighted by Gasteiger charge is 2.24. The van der Waals surface area contributed by atoms with Crippen molar-refractivity contribution in [2.24, 2.45) is 13.0 Å². The van der Waals surface area contributed by atoms with Crippen LogP contribution in [-0.4, -0.2) is 43.7 Å². The van der Waals surface area contributed by atoms with Gasteiger partial charge in [-0.15, -0.1) is 0 Å². The van der Waals surface area contributed by atoms with Gasteiger partial charge in [-0.3, -0.25) is 9.59 Å². The van der Waals surface area contributed by atoms with Crippen molar-refractivity contribution < 1.29 is 9.59 Å². The van der Waals surface area contributed by atoms with E-state index in [0.29, 0.717) is 23.7 Å². The summed E-state index contributed by atoms with van der Waals surface area (Å²) in [5.74, 6) is 0.154. The van der Waals surface area contributed by atoms with Crippen LogP contribution in [0.15, 0.2) is 55.2 Å². The highest BCUT2D eigenvalue weighted by molar-refractivity contribution is 5.95. The summed E-state index contributed by atoms with van der Waals surface area (Å²) in [6.45, 7) is 0.602. The zero-order chi connectivity index (χ0) is 20.9. The van der Waals surface area contributed by atoms with Gasteiger partial charge in [0.2, 0.25) is 0 Å². The van der Waals surface area contributed by atoms with Gasteiger partial charge in [0.1, 0.15) is 5.69 Å². The normalized spacial score (nSPS) is 18.7. The van der Waals surface area contributed by atoms with Crippen LogP contribution in [0.2, 0.25) is 0 Å². The molecule has 0 unspecified atom stereocenters. The first-order valence-corrected chi connectivity index (χ1v) is 10.3. The summed E-state index contributed by atoms with van der Waals surface area (Å²) in [6.07, 6.45) is 10.6. The van der Waals surface area contributed by atoms with Crippen LogP contribution in [0, 0.1) is 5.92 Å². The maximum atomic E-state index is 12.8. The molecule has 8 nitrogen and oxygen atoms in total. The van der Waals surface area contributed by atoms with E-state index in [2.05, 4.69) is 20.7 Å². The number of rotatable bonds is 6. The first kappa shape index (κ1) is 19.9. The van der Waals surface area contributed by atoms with Gasteiger partial charge in [0.25, 0.3) is 11.8 Å². The van der Waals surface area contributed by atoms with Crippen molar-refractivity contribution in [3.63, 3.8) is 0 Å². The summed E-state index contributed by atoms with van der Waals surface area (Å²) in [4.78, 5) is 29.1. The van der Waals surface area contributed by atoms with Crippen LogP contribution in [0.1, 0.15) is 46.5 Å². The zero-order valence-electron chi connectivity index (χ0n) is 17.0. The standard InChI is InChI=1S/C22H26N6O2/c1-27-15-23-14-20(27)22(30)24-13-16-5-2-7-18(11-16)26-21(29)17-6-3-8-19(12-17)28-10-4-9-25-28/h3-4,6,8-10,12,14-16,18H,2,5,7,11,13H2,1H3,(H,24,30)(H,26,29)/t16-,18+/m1/s1. The molecule has 1 aliphatic rings. The molecule has 0 bridgehead atoms. The molecule has 1 saturated carbocycles. The minimum Gasteiger partial charge on any atom is -0.350 e. The molecule has 156 valence electrons. The lowest BCUT2D eigenvalue weighted by Gasteiger charge is -2.30. The zero-order valence-corrected chi connectivity index (χ0v) is 17.0. The molecule has 30 heavy (non-hydrogen) atoms. The first-order chi connectivity index (χ1) is 14.6. The summed E-state index contributed by atoms with van der Waals surface area (Å²) in [7, 11) is 1.80. The molecule has 2 N–H and O–H groups in total. The van der Waals surface area contributed by atoms with Gasteiger partial charge in [-0.1, -0.05) is 12.5 Å². The summed E-state index contributed by atoms with van der Waals surface area (Å²) in [6, 6.07) is 9.41. The Morgan fingerprint density at radius 2 is 2.10 bits per heavy atom. The van der Waals surface area contributed by atoms with Crippen LogP contribution in [0.3, 0.4) is 0 Å². The van der Waals surface area contributed by atoms with E-state index in [1.54, 1.807) is 35.0 Å². The number of hydrogen-bond acceptors (Lipinski definition) is 4. The van der Waals surface area contributed by atoms with E-state index in [-0.39, 0.29) is 17.9 Å². The summed E-state index contributed by atoms with van der Waals surface area (Å²) in [5.41, 5.74) is 2.02. The predicted molar refractivity (Wildman–Crippen MR) is 112 cm³/mol. The van der Waals surface area contributed by atoms with Gasteiger partial charge < -0.3 is 15.2 Å². The number of carbonyl (C=O) groups is 2. The maximum Gasteiger partial charge on any atom is 0.269 e. The van der Waals surface area contributed by atoms with Crippen molar-refractivity contribution in [3.05, 3.63) is 66.5 Å². The van der Waals surface area contributed by atoms with Crippen molar-refractivity contribution in [1.29, 1.82) is 0 Å². The van der Waals surface area contributed by atoms with Gasteiger partial charge >= 0.3 is 0 Å². The monoisotopic (exact) mass is 406 g/mol. The molecule has 4 rings (SSSR count). The number of nitrogens with zero attached hydrogens (tertiary/aromatic N) is 4. The molecule has 0 aliphatic heterocycles. The smallest absolute Gasteiger partial charge is 0.269 e. The molecular weight excluding hydrogens is 380 g/mol. The van der Waals surface area contributed by atoms with Crippen LogP contribution < -0.4 is 10.6 Å². The largest absolute Gasteiger partial charge is 0.350 e. The maximum absolute atomic E-state index is 12.8. The molecule has 1 aromatic carbocycles. The van der Waals surface area contributed by atoms with Crippen LogP contribution in [-0.2, 0) is 7.05 Å². The molecule has 0 radical (unpaired) electrons. The molecule has 2 aromatic heterocycles. The molecule has 2 heterocycles. The van der Waals surface area contributed by atoms with Gasteiger partial charge in [-0.05, 0) is 49.4 Å². The Morgan fingerprint density at radius 3 is 2.87 bits per heavy atom. The van der Waals surface area contributed by atoms with Gasteiger partial charge in [-0.25, -0.2) is 9.67 Å². The molecular formula is C22H26N6O2. The summed E-state index contributed by atoms with van der Waals surface area (Å²) in [5, 5.41) is 10.4. The van der Waals surface area contributed by atoms with E-state index < -0.39 is 0 Å². The van der Waals surface area contributed by atoms with Crippen molar-refractivity contribution >= 4 is 11.8 Å². The Hall–Kier alpha value is -3.42. The van der Waals surface area contributed by atoms with Crippen molar-refractivity contribution in [3.8, 4) is 5.69 Å². The Balaban J connectivity index is 1.32. The Bertz CT molecular complexity index is 1010. The number of amides is 2. The lowest BCUT2D eigenvalue weighted by Crippen LogP contribution is -2.41. The third kappa shape index (κ3) is 4.59. The van der Waals surface area contributed by atoms with Gasteiger partial charge in [-0.2, -0.15) is 5.10 Å². The SMILES string of the molecule is Cn1cncc1C(=O)NC[C@@H]1CCC[C@H](NC(=O)c2cccc(-n3cccn3)c2)C1. The van der Waals surface area contributed by atoms with Crippen LogP contribution in [0.4, 0.5) is 0 Å². The number of aryl methyl sites for hydroxylation is 1. The number of nitrogens with one attached hydrogen (secondary N) is 2. The molecule has 1 fully saturated rings. The minimum absolute atomic E-state index is 0.0754. The van der Waals surface area contributed by atoms with Gasteiger partial charge in [0, 0.05) is 37.6 Å². The van der Waals surface area contributed by atoms with E-state index in [9.17, 15) is 9.59 Å². The fourth-order valence-electron chi connectivity index (χ4n) is 3.99. The van der Waals surface area contributed by atoms with Crippen molar-refractivity contribution in [1.82, 2.24) is 30.0 Å². The number of aromatic nitrogens is 4. The van der Waals surface area contributed by atoms with Gasteiger partial charge in [0.05, 0.1) is 18.2 Å². The Kier molecular flexibility index (Phi) is 5.92. The van der Waals surface area contributed by atoms with E-state index in [0.717, 1.165) is 31.4 Å². The van der Waals surface area contributed by atoms with Crippen LogP contribution in [0.5, 0.6) is 0 Å². The fraction of sp³-hybridized carbons (Fsp3) is 0.364. The Morgan fingerprint density at radius 1 is 1.20 bits per heavy atom. The minimum atomic E-state index is -0.114. The third-order valence-corrected chi connectivity index (χ3v) is 5.60. The highest BCUT2D eigenvalue weighted by Crippen LogP contribution is 2.24. The highest BCUT2D eigenvalue weighted by atomic mass is 16.2. The first-order valence-electron chi connectivity index (χ1n) is 10.3. The predicted octanol–water partition coefficient (Wildman–Crippen LogP) is 2.32. The lowest BCUT2D eigenvalue weighted by atomic mass is 9.85. The number of imidazole rings is 1. The topological polar surface area (TPSA) is 93.8 Å². The fourth-order valence-corrected chi connectivity index (χ4v) is 3.99. The lowest BCUT2D eigenvalue weighted by molar-refractivity contribution is 0.0898. The second-order valence-electron chi connectivity index (χ2n) is 7.80. The summed E-state index contributed by atoms with van der Waals surface area (Å²) < 4.78 is 3.44. The second-order valence-corrected chi connectivity index (χ2v) is 7.80. The third-order valence-electron chi connectivity index (χ3n) is 5.60. The van der Waals surface area contributed by atoms with Crippen molar-refractivity contribution in [2.45, 2.75) is 31.7 Å². The van der Waals surface area contributed by atoms with Crippen LogP contribution in [0.25, 0.3) is 5.69 Å². The van der Waals surface area contributed by atoms with E-state index in [1.807, 2.05) is 36.5 Å². The Labute approximate surface area is 175 Å². The van der Waals surface area contributed by atoms with Crippen molar-refractivity contribution in [2.75, 3.05) is 6.54 Å². The van der Waals surface area contributed by atoms with E-state index in [4.69, 9.17) is 0 Å². The molecule has 0 spiro atoms.